The summed E-state index contributed by atoms with van der Waals surface area (Å²) >= 11 is 0. The number of carbonyl (C=O) groups is 3. The lowest BCUT2D eigenvalue weighted by Crippen LogP contribution is -2.57. The first kappa shape index (κ1) is 28.8. The van der Waals surface area contributed by atoms with E-state index in [2.05, 4.69) is 13.2 Å². The third kappa shape index (κ3) is 4.69. The van der Waals surface area contributed by atoms with Crippen LogP contribution in [0.4, 0.5) is 5.69 Å². The summed E-state index contributed by atoms with van der Waals surface area (Å²) < 4.78 is 12.1. The summed E-state index contributed by atoms with van der Waals surface area (Å²) in [7, 11) is 0. The van der Waals surface area contributed by atoms with Crippen LogP contribution in [0.3, 0.4) is 0 Å². The molecule has 0 aromatic heterocycles. The van der Waals surface area contributed by atoms with E-state index in [1.807, 2.05) is 62.4 Å². The molecule has 3 heterocycles. The summed E-state index contributed by atoms with van der Waals surface area (Å²) in [6.45, 7) is 11.4. The molecular weight excluding hydrogens is 520 g/mol. The molecule has 2 unspecified atom stereocenters. The molecule has 3 aliphatic rings. The van der Waals surface area contributed by atoms with Crippen LogP contribution in [0.15, 0.2) is 73.8 Å². The van der Waals surface area contributed by atoms with E-state index in [1.54, 1.807) is 17.1 Å². The number of esters is 1. The number of aliphatic hydroxyl groups excluding tert-OH is 1. The molecule has 0 radical (unpaired) electrons. The van der Waals surface area contributed by atoms with Crippen LogP contribution in [0.5, 0.6) is 0 Å². The van der Waals surface area contributed by atoms with Crippen LogP contribution in [0.1, 0.15) is 42.0 Å². The zero-order valence-electron chi connectivity index (χ0n) is 23.7. The molecule has 5 rings (SSSR count). The van der Waals surface area contributed by atoms with Gasteiger partial charge in [-0.05, 0) is 49.8 Å². The minimum Gasteiger partial charge on any atom is -0.465 e. The first-order chi connectivity index (χ1) is 19.8. The molecule has 8 heteroatoms. The van der Waals surface area contributed by atoms with Crippen molar-refractivity contribution in [3.05, 3.63) is 90.5 Å². The van der Waals surface area contributed by atoms with Crippen molar-refractivity contribution < 1.29 is 29.0 Å². The Labute approximate surface area is 241 Å². The number of hydrogen-bond acceptors (Lipinski definition) is 6. The van der Waals surface area contributed by atoms with Gasteiger partial charge in [-0.25, -0.2) is 0 Å². The van der Waals surface area contributed by atoms with Gasteiger partial charge in [-0.1, -0.05) is 60.7 Å². The Morgan fingerprint density at radius 1 is 1.15 bits per heavy atom. The number of ether oxygens (including phenoxy) is 2. The number of likely N-dealkylation sites (tertiary alicyclic amines) is 1. The molecule has 2 bridgehead atoms. The zero-order valence-corrected chi connectivity index (χ0v) is 23.7. The standard InChI is InChI=1S/C33H38N2O6/c1-5-7-19-40-32(39)26-25-16-17-33(41-25)27(26)30(37)35(24(20-36)23-14-9-8-10-15-23)29(33)31(38)34(18-6-2)28-21(3)12-11-13-22(28)4/h5-6,8-15,24-27,29,36H,1-2,7,16-20H2,3-4H3/t24-,25-,26+,27+,29?,33?/m1/s1. The SMILES string of the molecule is C=CCCOC(=O)[C@@H]1[C@H]2C(=O)N([C@H](CO)c3ccccc3)C(C(=O)N(CC=C)c3c(C)cccc3C)C23CC[C@H]1O3. The van der Waals surface area contributed by atoms with Crippen LogP contribution < -0.4 is 4.90 Å². The fourth-order valence-electron chi connectivity index (χ4n) is 7.14. The Bertz CT molecular complexity index is 1320. The Morgan fingerprint density at radius 3 is 2.49 bits per heavy atom. The fraction of sp³-hybridized carbons (Fsp3) is 0.424. The first-order valence-corrected chi connectivity index (χ1v) is 14.2. The molecule has 2 amide bonds. The van der Waals surface area contributed by atoms with Gasteiger partial charge in [0.1, 0.15) is 11.6 Å². The summed E-state index contributed by atoms with van der Waals surface area (Å²) in [5.74, 6) is -2.92. The normalized spacial score (nSPS) is 26.9. The second kappa shape index (κ2) is 11.6. The molecule has 0 aliphatic carbocycles. The average molecular weight is 559 g/mol. The molecule has 1 spiro atoms. The van der Waals surface area contributed by atoms with E-state index in [0.29, 0.717) is 24.8 Å². The maximum absolute atomic E-state index is 14.9. The number of para-hydroxylation sites is 1. The van der Waals surface area contributed by atoms with E-state index in [4.69, 9.17) is 9.47 Å². The highest BCUT2D eigenvalue weighted by molar-refractivity contribution is 6.05. The maximum atomic E-state index is 14.9. The van der Waals surface area contributed by atoms with Gasteiger partial charge in [0, 0.05) is 12.2 Å². The average Bonchev–Trinajstić information content (AvgIpc) is 3.61. The highest BCUT2D eigenvalue weighted by Gasteiger charge is 2.75. The molecule has 3 fully saturated rings. The predicted molar refractivity (Wildman–Crippen MR) is 155 cm³/mol. The van der Waals surface area contributed by atoms with E-state index >= 15 is 0 Å². The number of hydrogen-bond donors (Lipinski definition) is 1. The van der Waals surface area contributed by atoms with Crippen LogP contribution in [0, 0.1) is 25.7 Å². The second-order valence-corrected chi connectivity index (χ2v) is 11.1. The third-order valence-corrected chi connectivity index (χ3v) is 8.79. The number of anilines is 1. The van der Waals surface area contributed by atoms with E-state index in [1.165, 1.54) is 4.90 Å². The van der Waals surface area contributed by atoms with Crippen molar-refractivity contribution >= 4 is 23.5 Å². The van der Waals surface area contributed by atoms with E-state index in [0.717, 1.165) is 16.8 Å². The Morgan fingerprint density at radius 2 is 1.85 bits per heavy atom. The number of aryl methyl sites for hydroxylation is 2. The van der Waals surface area contributed by atoms with Crippen LogP contribution in [-0.4, -0.2) is 65.3 Å². The van der Waals surface area contributed by atoms with E-state index in [-0.39, 0.29) is 25.0 Å². The molecule has 3 aliphatic heterocycles. The van der Waals surface area contributed by atoms with E-state index in [9.17, 15) is 19.5 Å². The van der Waals surface area contributed by atoms with Crippen molar-refractivity contribution in [3.8, 4) is 0 Å². The minimum atomic E-state index is -1.22. The van der Waals surface area contributed by atoms with Crippen LogP contribution in [-0.2, 0) is 23.9 Å². The van der Waals surface area contributed by atoms with Gasteiger partial charge in [-0.3, -0.25) is 14.4 Å². The summed E-state index contributed by atoms with van der Waals surface area (Å²) in [5, 5.41) is 10.7. The monoisotopic (exact) mass is 558 g/mol. The smallest absolute Gasteiger partial charge is 0.312 e. The Hall–Kier alpha value is -3.75. The third-order valence-electron chi connectivity index (χ3n) is 8.79. The number of aliphatic hydroxyl groups is 1. The number of fused-ring (bicyclic) bond motifs is 1. The fourth-order valence-corrected chi connectivity index (χ4v) is 7.14. The number of carbonyl (C=O) groups excluding carboxylic acids is 3. The molecule has 216 valence electrons. The van der Waals surface area contributed by atoms with Crippen LogP contribution in [0.2, 0.25) is 0 Å². The number of nitrogens with zero attached hydrogens (tertiary/aromatic N) is 2. The van der Waals surface area contributed by atoms with Crippen LogP contribution >= 0.6 is 0 Å². The van der Waals surface area contributed by atoms with Gasteiger partial charge in [0.15, 0.2) is 0 Å². The lowest BCUT2D eigenvalue weighted by molar-refractivity contribution is -0.155. The van der Waals surface area contributed by atoms with Crippen molar-refractivity contribution in [1.29, 1.82) is 0 Å². The molecule has 6 atom stereocenters. The maximum Gasteiger partial charge on any atom is 0.312 e. The van der Waals surface area contributed by atoms with E-state index < -0.39 is 48.2 Å². The van der Waals surface area contributed by atoms with Crippen LogP contribution in [0.25, 0.3) is 0 Å². The van der Waals surface area contributed by atoms with Gasteiger partial charge >= 0.3 is 5.97 Å². The van der Waals surface area contributed by atoms with Gasteiger partial charge in [0.25, 0.3) is 5.91 Å². The number of benzene rings is 2. The summed E-state index contributed by atoms with van der Waals surface area (Å²) in [6, 6.07) is 13.1. The molecule has 2 aromatic rings. The van der Waals surface area contributed by atoms with Gasteiger partial charge in [-0.15, -0.1) is 13.2 Å². The van der Waals surface area contributed by atoms with Crippen molar-refractivity contribution in [2.24, 2.45) is 11.8 Å². The minimum absolute atomic E-state index is 0.161. The number of amides is 2. The molecular formula is C33H38N2O6. The lowest BCUT2D eigenvalue weighted by Gasteiger charge is -2.40. The van der Waals surface area contributed by atoms with Crippen molar-refractivity contribution in [2.45, 2.75) is 56.9 Å². The Balaban J connectivity index is 1.64. The molecule has 2 aromatic carbocycles. The molecule has 8 nitrogen and oxygen atoms in total. The zero-order chi connectivity index (χ0) is 29.3. The first-order valence-electron chi connectivity index (χ1n) is 14.2. The topological polar surface area (TPSA) is 96.4 Å². The van der Waals surface area contributed by atoms with Crippen molar-refractivity contribution in [1.82, 2.24) is 4.90 Å². The highest BCUT2D eigenvalue weighted by Crippen LogP contribution is 2.60. The summed E-state index contributed by atoms with van der Waals surface area (Å²) in [5.41, 5.74) is 2.04. The van der Waals surface area contributed by atoms with Gasteiger partial charge in [0.2, 0.25) is 5.91 Å². The number of rotatable bonds is 11. The summed E-state index contributed by atoms with van der Waals surface area (Å²) in [4.78, 5) is 45.8. The van der Waals surface area contributed by atoms with Gasteiger partial charge < -0.3 is 24.4 Å². The van der Waals surface area contributed by atoms with Gasteiger partial charge in [-0.2, -0.15) is 0 Å². The second-order valence-electron chi connectivity index (χ2n) is 11.1. The highest BCUT2D eigenvalue weighted by atomic mass is 16.6. The molecule has 41 heavy (non-hydrogen) atoms. The molecule has 3 saturated heterocycles. The largest absolute Gasteiger partial charge is 0.465 e. The van der Waals surface area contributed by atoms with Crippen molar-refractivity contribution in [2.75, 3.05) is 24.7 Å². The Kier molecular flexibility index (Phi) is 8.16. The predicted octanol–water partition coefficient (Wildman–Crippen LogP) is 4.05. The van der Waals surface area contributed by atoms with Crippen molar-refractivity contribution in [3.63, 3.8) is 0 Å². The molecule has 0 saturated carbocycles. The quantitative estimate of drug-likeness (QED) is 0.254. The lowest BCUT2D eigenvalue weighted by atomic mass is 9.70. The summed E-state index contributed by atoms with van der Waals surface area (Å²) in [6.07, 6.45) is 4.27. The molecule has 1 N–H and O–H groups in total. The van der Waals surface area contributed by atoms with Gasteiger partial charge in [0.05, 0.1) is 37.2 Å².